The molecular weight excluding hydrogens is 236 g/mol. The third-order valence-corrected chi connectivity index (χ3v) is 4.66. The van der Waals surface area contributed by atoms with Crippen LogP contribution in [-0.2, 0) is 20.7 Å². The number of carbonyl (C=O) groups excluding carboxylic acids is 2. The summed E-state index contributed by atoms with van der Waals surface area (Å²) >= 11 is 1.62. The zero-order valence-corrected chi connectivity index (χ0v) is 10.5. The van der Waals surface area contributed by atoms with Crippen molar-refractivity contribution in [1.82, 2.24) is 0 Å². The Morgan fingerprint density at radius 1 is 1.41 bits per heavy atom. The van der Waals surface area contributed by atoms with Crippen molar-refractivity contribution >= 4 is 28.8 Å². The molecule has 3 nitrogen and oxygen atoms in total. The van der Waals surface area contributed by atoms with Crippen molar-refractivity contribution in [2.24, 2.45) is 11.8 Å². The summed E-state index contributed by atoms with van der Waals surface area (Å²) in [6, 6.07) is 2.08. The summed E-state index contributed by atoms with van der Waals surface area (Å²) < 4.78 is 4.77. The third kappa shape index (κ3) is 1.40. The van der Waals surface area contributed by atoms with Gasteiger partial charge in [-0.25, -0.2) is 4.79 Å². The predicted molar refractivity (Wildman–Crippen MR) is 64.4 cm³/mol. The Bertz CT molecular complexity index is 553. The minimum atomic E-state index is -0.453. The zero-order chi connectivity index (χ0) is 12.2. The number of allylic oxidation sites excluding steroid dienone is 1. The van der Waals surface area contributed by atoms with Gasteiger partial charge in [-0.05, 0) is 41.8 Å². The fraction of sp³-hybridized carbons (Fsp3) is 0.385. The van der Waals surface area contributed by atoms with Gasteiger partial charge in [0.05, 0.1) is 11.5 Å². The first-order valence-corrected chi connectivity index (χ1v) is 6.51. The van der Waals surface area contributed by atoms with Crippen LogP contribution in [0.2, 0.25) is 0 Å². The van der Waals surface area contributed by atoms with Crippen LogP contribution >= 0.6 is 11.3 Å². The summed E-state index contributed by atoms with van der Waals surface area (Å²) in [4.78, 5) is 24.6. The van der Waals surface area contributed by atoms with Gasteiger partial charge in [-0.15, -0.1) is 11.3 Å². The molecule has 1 saturated heterocycles. The molecule has 88 valence electrons. The second-order valence-electron chi connectivity index (χ2n) is 4.68. The lowest BCUT2D eigenvalue weighted by Gasteiger charge is -2.13. The molecule has 1 fully saturated rings. The van der Waals surface area contributed by atoms with Crippen molar-refractivity contribution in [3.8, 4) is 0 Å². The first kappa shape index (κ1) is 10.7. The van der Waals surface area contributed by atoms with Gasteiger partial charge in [-0.1, -0.05) is 6.92 Å². The van der Waals surface area contributed by atoms with Gasteiger partial charge in [-0.2, -0.15) is 0 Å². The van der Waals surface area contributed by atoms with E-state index in [1.165, 1.54) is 5.56 Å². The molecule has 0 saturated carbocycles. The van der Waals surface area contributed by atoms with E-state index in [1.807, 2.05) is 19.2 Å². The number of esters is 2. The Morgan fingerprint density at radius 2 is 2.18 bits per heavy atom. The molecule has 0 aromatic carbocycles. The first-order valence-electron chi connectivity index (χ1n) is 5.63. The fourth-order valence-corrected chi connectivity index (χ4v) is 3.73. The Labute approximate surface area is 103 Å². The number of ether oxygens (including phenoxy) is 1. The highest BCUT2D eigenvalue weighted by molar-refractivity contribution is 7.11. The molecule has 1 aliphatic carbocycles. The second kappa shape index (κ2) is 3.53. The highest BCUT2D eigenvalue weighted by atomic mass is 32.1. The topological polar surface area (TPSA) is 43.4 Å². The summed E-state index contributed by atoms with van der Waals surface area (Å²) in [6.07, 6.45) is 0.826. The van der Waals surface area contributed by atoms with Crippen molar-refractivity contribution in [2.45, 2.75) is 20.3 Å². The normalized spacial score (nSPS) is 27.6. The molecule has 1 aromatic heterocycles. The fourth-order valence-electron chi connectivity index (χ4n) is 2.77. The first-order chi connectivity index (χ1) is 8.09. The van der Waals surface area contributed by atoms with E-state index in [0.29, 0.717) is 5.57 Å². The van der Waals surface area contributed by atoms with E-state index >= 15 is 0 Å². The van der Waals surface area contributed by atoms with Crippen molar-refractivity contribution in [1.29, 1.82) is 0 Å². The number of rotatable bonds is 0. The highest BCUT2D eigenvalue weighted by Gasteiger charge is 2.45. The summed E-state index contributed by atoms with van der Waals surface area (Å²) in [5.74, 6) is -1.09. The molecule has 0 amide bonds. The van der Waals surface area contributed by atoms with E-state index in [9.17, 15) is 9.59 Å². The SMILES string of the molecule is CC1=C2C(=O)OC(=O)[C@H]2[C@@H](C)Cc2ccsc21. The van der Waals surface area contributed by atoms with Crippen molar-refractivity contribution in [3.63, 3.8) is 0 Å². The smallest absolute Gasteiger partial charge is 0.342 e. The lowest BCUT2D eigenvalue weighted by Crippen LogP contribution is -2.19. The average Bonchev–Trinajstić information content (AvgIpc) is 2.79. The van der Waals surface area contributed by atoms with E-state index < -0.39 is 5.97 Å². The number of hydrogen-bond donors (Lipinski definition) is 0. The molecular formula is C13H12O3S. The molecule has 17 heavy (non-hydrogen) atoms. The Hall–Kier alpha value is -1.42. The van der Waals surface area contributed by atoms with E-state index in [4.69, 9.17) is 4.74 Å². The number of carbonyl (C=O) groups is 2. The molecule has 0 bridgehead atoms. The maximum absolute atomic E-state index is 11.8. The maximum atomic E-state index is 11.8. The number of fused-ring (bicyclic) bond motifs is 2. The molecule has 2 atom stereocenters. The second-order valence-corrected chi connectivity index (χ2v) is 5.60. The molecule has 1 aliphatic heterocycles. The lowest BCUT2D eigenvalue weighted by molar-refractivity contribution is -0.153. The molecule has 4 heteroatoms. The van der Waals surface area contributed by atoms with E-state index in [-0.39, 0.29) is 17.8 Å². The quantitative estimate of drug-likeness (QED) is 0.523. The van der Waals surface area contributed by atoms with Gasteiger partial charge in [0.2, 0.25) is 0 Å². The van der Waals surface area contributed by atoms with Gasteiger partial charge >= 0.3 is 11.9 Å². The van der Waals surface area contributed by atoms with Crippen LogP contribution in [0.1, 0.15) is 24.3 Å². The third-order valence-electron chi connectivity index (χ3n) is 3.58. The Kier molecular flexibility index (Phi) is 2.23. The van der Waals surface area contributed by atoms with Gasteiger partial charge in [0.1, 0.15) is 0 Å². The Balaban J connectivity index is 2.25. The van der Waals surface area contributed by atoms with Gasteiger partial charge in [0, 0.05) is 4.88 Å². The minimum absolute atomic E-state index is 0.120. The maximum Gasteiger partial charge on any atom is 0.342 e. The summed E-state index contributed by atoms with van der Waals surface area (Å²) in [5, 5.41) is 2.03. The minimum Gasteiger partial charge on any atom is -0.389 e. The number of thiophene rings is 1. The van der Waals surface area contributed by atoms with Crippen LogP contribution in [0.3, 0.4) is 0 Å². The molecule has 2 heterocycles. The van der Waals surface area contributed by atoms with Crippen LogP contribution in [0, 0.1) is 11.8 Å². The van der Waals surface area contributed by atoms with Gasteiger partial charge in [-0.3, -0.25) is 4.79 Å². The van der Waals surface area contributed by atoms with E-state index in [1.54, 1.807) is 11.3 Å². The zero-order valence-electron chi connectivity index (χ0n) is 9.65. The van der Waals surface area contributed by atoms with Crippen LogP contribution in [0.25, 0.3) is 5.57 Å². The molecule has 3 rings (SSSR count). The highest BCUT2D eigenvalue weighted by Crippen LogP contribution is 2.42. The monoisotopic (exact) mass is 248 g/mol. The van der Waals surface area contributed by atoms with Crippen molar-refractivity contribution < 1.29 is 14.3 Å². The van der Waals surface area contributed by atoms with Gasteiger partial charge < -0.3 is 4.74 Å². The lowest BCUT2D eigenvalue weighted by atomic mass is 9.86. The van der Waals surface area contributed by atoms with Crippen molar-refractivity contribution in [2.75, 3.05) is 0 Å². The average molecular weight is 248 g/mol. The van der Waals surface area contributed by atoms with Crippen LogP contribution in [0.4, 0.5) is 0 Å². The van der Waals surface area contributed by atoms with Crippen molar-refractivity contribution in [3.05, 3.63) is 27.5 Å². The molecule has 0 radical (unpaired) electrons. The van der Waals surface area contributed by atoms with Gasteiger partial charge in [0.15, 0.2) is 0 Å². The summed E-state index contributed by atoms with van der Waals surface area (Å²) in [6.45, 7) is 3.92. The molecule has 0 N–H and O–H groups in total. The van der Waals surface area contributed by atoms with Crippen LogP contribution in [0.15, 0.2) is 17.0 Å². The van der Waals surface area contributed by atoms with Gasteiger partial charge in [0.25, 0.3) is 0 Å². The number of cyclic esters (lactones) is 2. The predicted octanol–water partition coefficient (Wildman–Crippen LogP) is 2.41. The van der Waals surface area contributed by atoms with Crippen LogP contribution < -0.4 is 0 Å². The molecule has 2 aliphatic rings. The largest absolute Gasteiger partial charge is 0.389 e. The van der Waals surface area contributed by atoms with E-state index in [0.717, 1.165) is 16.9 Å². The van der Waals surface area contributed by atoms with Crippen LogP contribution in [-0.4, -0.2) is 11.9 Å². The standard InChI is InChI=1S/C13H12O3S/c1-6-5-8-3-4-17-11(8)7(2)10-9(6)12(14)16-13(10)15/h3-4,6,9H,5H2,1-2H3/t6-,9-/m0/s1. The molecule has 0 spiro atoms. The molecule has 1 aromatic rings. The summed E-state index contributed by atoms with van der Waals surface area (Å²) in [7, 11) is 0. The van der Waals surface area contributed by atoms with E-state index in [2.05, 4.69) is 6.07 Å². The molecule has 0 unspecified atom stereocenters. The Morgan fingerprint density at radius 3 is 2.94 bits per heavy atom. The number of hydrogen-bond acceptors (Lipinski definition) is 4. The summed E-state index contributed by atoms with van der Waals surface area (Å²) in [5.41, 5.74) is 2.73. The van der Waals surface area contributed by atoms with Crippen LogP contribution in [0.5, 0.6) is 0 Å².